The summed E-state index contributed by atoms with van der Waals surface area (Å²) in [5.41, 5.74) is 17.8. The molecule has 0 aromatic heterocycles. The number of likely N-dealkylation sites (N-methyl/N-ethyl adjacent to an activating group) is 1. The number of benzene rings is 2. The molecule has 0 aliphatic rings. The van der Waals surface area contributed by atoms with Gasteiger partial charge in [-0.05, 0) is 63.7 Å². The number of nitrogens with one attached hydrogen (secondary N) is 1. The molecule has 0 saturated carbocycles. The van der Waals surface area contributed by atoms with Crippen LogP contribution in [0.25, 0.3) is 20.9 Å². The molecule has 0 unspecified atom stereocenters. The van der Waals surface area contributed by atoms with Crippen molar-refractivity contribution in [2.45, 2.75) is 78.0 Å². The summed E-state index contributed by atoms with van der Waals surface area (Å²) in [6.07, 6.45) is -1.03. The molecule has 2 amide bonds. The minimum atomic E-state index is -0.585. The number of hydrogen-bond acceptors (Lipinski definition) is 8. The molecule has 17 heteroatoms. The minimum absolute atomic E-state index is 0. The predicted octanol–water partition coefficient (Wildman–Crippen LogP) is 4.50. The van der Waals surface area contributed by atoms with E-state index in [1.54, 1.807) is 48.6 Å². The standard InChI is InChI=1S/C16H24N4O3.C15H22N4O3.Na.2H2S.H/c1-16(2,3)23-15(21)20(4)14(10-18-19-17)12-22-11-13-8-6-5-7-9-13;1-15(2,3)22-14(20)18-13(9-17-19-16)11-21-10-12-7-5-4-6-8-12;;;;/h5-9,14H,10-12H2,1-4H3;4-8,13H,9-11H2,1-3H3,(H,18,20);;2*1H2;/q;;+1;;;-1/t14-;13-;;;;/m00..../s1. The topological polar surface area (TPSA) is 184 Å². The zero-order chi connectivity index (χ0) is 33.7. The maximum atomic E-state index is 12.1. The quantitative estimate of drug-likeness (QED) is 0.130. The fourth-order valence-electron chi connectivity index (χ4n) is 3.43. The van der Waals surface area contributed by atoms with E-state index >= 15 is 0 Å². The zero-order valence-electron chi connectivity index (χ0n) is 30.3. The van der Waals surface area contributed by atoms with Crippen LogP contribution in [-0.2, 0) is 32.2 Å². The van der Waals surface area contributed by atoms with E-state index in [9.17, 15) is 9.59 Å². The van der Waals surface area contributed by atoms with Crippen molar-refractivity contribution in [3.63, 3.8) is 0 Å². The molecule has 1 N–H and O–H groups in total. The van der Waals surface area contributed by atoms with Crippen LogP contribution >= 0.6 is 27.0 Å². The second-order valence-electron chi connectivity index (χ2n) is 11.9. The fraction of sp³-hybridized carbons (Fsp3) is 0.548. The number of carbonyl (C=O) groups excluding carboxylic acids is 2. The zero-order valence-corrected chi connectivity index (χ0v) is 33.3. The van der Waals surface area contributed by atoms with E-state index in [1.807, 2.05) is 60.7 Å². The smallest absolute Gasteiger partial charge is 1.00 e. The Balaban J connectivity index is -0.000000382. The van der Waals surface area contributed by atoms with Gasteiger partial charge in [-0.1, -0.05) is 70.9 Å². The first-order chi connectivity index (χ1) is 21.2. The summed E-state index contributed by atoms with van der Waals surface area (Å²) in [6, 6.07) is 18.6. The van der Waals surface area contributed by atoms with Crippen molar-refractivity contribution in [3.05, 3.63) is 92.7 Å². The molecule has 264 valence electrons. The third kappa shape index (κ3) is 25.3. The Labute approximate surface area is 321 Å². The summed E-state index contributed by atoms with van der Waals surface area (Å²) in [5.74, 6) is 0. The van der Waals surface area contributed by atoms with Crippen LogP contribution in [0.1, 0.15) is 54.1 Å². The van der Waals surface area contributed by atoms with Gasteiger partial charge in [-0.25, -0.2) is 9.59 Å². The van der Waals surface area contributed by atoms with Gasteiger partial charge in [0.2, 0.25) is 0 Å². The second kappa shape index (κ2) is 27.1. The van der Waals surface area contributed by atoms with Gasteiger partial charge >= 0.3 is 41.7 Å². The van der Waals surface area contributed by atoms with Gasteiger partial charge in [-0.15, -0.1) is 0 Å². The first-order valence-corrected chi connectivity index (χ1v) is 14.4. The van der Waals surface area contributed by atoms with Crippen LogP contribution in [0.2, 0.25) is 0 Å². The summed E-state index contributed by atoms with van der Waals surface area (Å²) in [4.78, 5) is 30.7. The van der Waals surface area contributed by atoms with E-state index in [2.05, 4.69) is 25.4 Å². The third-order valence-electron chi connectivity index (χ3n) is 5.52. The molecule has 0 spiro atoms. The summed E-state index contributed by atoms with van der Waals surface area (Å²) in [7, 11) is 1.61. The first kappa shape index (κ1) is 49.6. The SMILES string of the molecule is CC(C)(C)OC(=O)N[C@@H](CN=[N+]=[N-])COCc1ccccc1.CN(C(=O)OC(C)(C)C)[C@@H](CN=[N+]=[N-])COCc1ccccc1.S.S.[H-].[Na+]. The Kier molecular flexibility index (Phi) is 28.0. The molecule has 48 heavy (non-hydrogen) atoms. The number of rotatable bonds is 14. The van der Waals surface area contributed by atoms with Crippen molar-refractivity contribution >= 4 is 39.2 Å². The molecule has 14 nitrogen and oxygen atoms in total. The van der Waals surface area contributed by atoms with Crippen molar-refractivity contribution in [1.82, 2.24) is 10.2 Å². The van der Waals surface area contributed by atoms with Crippen molar-refractivity contribution in [3.8, 4) is 0 Å². The van der Waals surface area contributed by atoms with E-state index < -0.39 is 29.4 Å². The van der Waals surface area contributed by atoms with Crippen molar-refractivity contribution < 1.29 is 59.5 Å². The van der Waals surface area contributed by atoms with E-state index in [0.29, 0.717) is 13.2 Å². The Morgan fingerprint density at radius 2 is 1.23 bits per heavy atom. The van der Waals surface area contributed by atoms with Gasteiger partial charge in [0, 0.05) is 30.0 Å². The van der Waals surface area contributed by atoms with Gasteiger partial charge < -0.3 is 30.6 Å². The van der Waals surface area contributed by atoms with Crippen LogP contribution in [0, 0.1) is 0 Å². The number of alkyl carbamates (subject to hydrolysis) is 1. The van der Waals surface area contributed by atoms with Crippen LogP contribution < -0.4 is 34.9 Å². The van der Waals surface area contributed by atoms with Crippen LogP contribution in [0.3, 0.4) is 0 Å². The number of azide groups is 2. The van der Waals surface area contributed by atoms with Crippen molar-refractivity contribution in [1.29, 1.82) is 0 Å². The summed E-state index contributed by atoms with van der Waals surface area (Å²) in [5, 5.41) is 9.67. The van der Waals surface area contributed by atoms with Crippen LogP contribution in [0.5, 0.6) is 0 Å². The summed E-state index contributed by atoms with van der Waals surface area (Å²) < 4.78 is 21.7. The van der Waals surface area contributed by atoms with Crippen LogP contribution in [-0.4, -0.2) is 73.7 Å². The molecule has 0 aliphatic carbocycles. The van der Waals surface area contributed by atoms with Crippen LogP contribution in [0.15, 0.2) is 70.9 Å². The molecular formula is C31H51N8NaO6S2. The van der Waals surface area contributed by atoms with Gasteiger partial charge in [0.05, 0.1) is 38.5 Å². The fourth-order valence-corrected chi connectivity index (χ4v) is 3.43. The molecule has 0 heterocycles. The maximum absolute atomic E-state index is 12.1. The molecule has 2 aromatic carbocycles. The Hall–Kier alpha value is -2.78. The molecule has 2 aromatic rings. The average Bonchev–Trinajstić information content (AvgIpc) is 2.97. The molecule has 2 rings (SSSR count). The molecule has 0 aliphatic heterocycles. The largest absolute Gasteiger partial charge is 1.00 e. The maximum Gasteiger partial charge on any atom is 1.00 e. The molecule has 0 saturated heterocycles. The monoisotopic (exact) mass is 718 g/mol. The summed E-state index contributed by atoms with van der Waals surface area (Å²) in [6.45, 7) is 12.3. The van der Waals surface area contributed by atoms with Gasteiger partial charge in [-0.2, -0.15) is 27.0 Å². The molecule has 0 bridgehead atoms. The molecular weight excluding hydrogens is 668 g/mol. The molecule has 0 radical (unpaired) electrons. The number of nitrogens with zero attached hydrogens (tertiary/aromatic N) is 7. The Morgan fingerprint density at radius 1 is 0.792 bits per heavy atom. The second-order valence-corrected chi connectivity index (χ2v) is 11.9. The van der Waals surface area contributed by atoms with Gasteiger partial charge in [-0.3, -0.25) is 0 Å². The first-order valence-electron chi connectivity index (χ1n) is 14.4. The van der Waals surface area contributed by atoms with Gasteiger partial charge in [0.15, 0.2) is 0 Å². The number of amides is 2. The number of ether oxygens (including phenoxy) is 4. The average molecular weight is 719 g/mol. The van der Waals surface area contributed by atoms with E-state index in [0.717, 1.165) is 11.1 Å². The summed E-state index contributed by atoms with van der Waals surface area (Å²) >= 11 is 0. The molecule has 0 fully saturated rings. The van der Waals surface area contributed by atoms with Crippen LogP contribution in [0.4, 0.5) is 9.59 Å². The minimum Gasteiger partial charge on any atom is -1.00 e. The Morgan fingerprint density at radius 3 is 1.67 bits per heavy atom. The predicted molar refractivity (Wildman–Crippen MR) is 193 cm³/mol. The van der Waals surface area contributed by atoms with E-state index in [-0.39, 0.29) is 90.3 Å². The number of hydrogen-bond donors (Lipinski definition) is 1. The number of carbonyl (C=O) groups is 2. The van der Waals surface area contributed by atoms with E-state index in [1.165, 1.54) is 4.90 Å². The Bertz CT molecular complexity index is 1260. The molecule has 2 atom stereocenters. The van der Waals surface area contributed by atoms with E-state index in [4.69, 9.17) is 30.0 Å². The van der Waals surface area contributed by atoms with Crippen molar-refractivity contribution in [2.24, 2.45) is 10.2 Å². The van der Waals surface area contributed by atoms with Gasteiger partial charge in [0.25, 0.3) is 0 Å². The third-order valence-corrected chi connectivity index (χ3v) is 5.52. The van der Waals surface area contributed by atoms with Crippen molar-refractivity contribution in [2.75, 3.05) is 33.4 Å². The van der Waals surface area contributed by atoms with Gasteiger partial charge in [0.1, 0.15) is 11.2 Å². The normalized spacial score (nSPS) is 11.4.